The second kappa shape index (κ2) is 14.3. The monoisotopic (exact) mass is 752 g/mol. The molecule has 0 saturated carbocycles. The Bertz CT molecular complexity index is 2150. The number of fused-ring (bicyclic) bond motifs is 1. The van der Waals surface area contributed by atoms with Gasteiger partial charge in [-0.05, 0) is 30.3 Å². The van der Waals surface area contributed by atoms with Crippen molar-refractivity contribution in [3.63, 3.8) is 0 Å². The highest BCUT2D eigenvalue weighted by atomic mass is 35.5. The second-order valence-electron chi connectivity index (χ2n) is 12.0. The summed E-state index contributed by atoms with van der Waals surface area (Å²) in [5.41, 5.74) is 0.771. The number of nitrogens with one attached hydrogen (secondary N) is 1. The third-order valence-corrected chi connectivity index (χ3v) is 10.0. The average Bonchev–Trinajstić information content (AvgIpc) is 3.78. The number of nitrogens with zero attached hydrogens (tertiary/aromatic N) is 5. The third kappa shape index (κ3) is 6.79. The van der Waals surface area contributed by atoms with Gasteiger partial charge in [-0.2, -0.15) is 0 Å². The van der Waals surface area contributed by atoms with Crippen LogP contribution in [0.4, 0.5) is 23.7 Å². The maximum Gasteiger partial charge on any atom is 0.338 e. The van der Waals surface area contributed by atoms with E-state index in [1.54, 1.807) is 22.5 Å². The molecular weight excluding hydrogens is 725 g/mol. The molecule has 268 valence electrons. The number of urea groups is 1. The number of hydrogen-bond donors (Lipinski definition) is 2. The molecule has 0 spiro atoms. The molecule has 17 heteroatoms. The van der Waals surface area contributed by atoms with Crippen LogP contribution >= 0.6 is 22.9 Å². The number of hydrogen-bond acceptors (Lipinski definition) is 10. The van der Waals surface area contributed by atoms with Crippen LogP contribution in [0.5, 0.6) is 11.5 Å². The smallest absolute Gasteiger partial charge is 0.338 e. The van der Waals surface area contributed by atoms with Crippen molar-refractivity contribution >= 4 is 52.4 Å². The summed E-state index contributed by atoms with van der Waals surface area (Å²) in [6.07, 6.45) is 1.61. The van der Waals surface area contributed by atoms with Gasteiger partial charge in [0.15, 0.2) is 22.4 Å². The van der Waals surface area contributed by atoms with Crippen molar-refractivity contribution in [3.05, 3.63) is 116 Å². The molecular formula is C35H28ClF3N6O6S. The number of carbonyl (C=O) groups is 3. The van der Waals surface area contributed by atoms with Crippen LogP contribution < -0.4 is 15.0 Å². The Balaban J connectivity index is 1.13. The molecule has 4 heterocycles. The molecule has 1 aromatic heterocycles. The van der Waals surface area contributed by atoms with Crippen molar-refractivity contribution in [3.8, 4) is 11.5 Å². The normalized spacial score (nSPS) is 18.9. The van der Waals surface area contributed by atoms with E-state index in [4.69, 9.17) is 31.2 Å². The topological polar surface area (TPSA) is 137 Å². The minimum Gasteiger partial charge on any atom is -0.478 e. The van der Waals surface area contributed by atoms with E-state index < -0.39 is 35.4 Å². The fraction of sp³-hybridized carbons (Fsp3) is 0.229. The van der Waals surface area contributed by atoms with Gasteiger partial charge in [-0.3, -0.25) is 14.8 Å². The van der Waals surface area contributed by atoms with Crippen LogP contribution in [0.3, 0.4) is 0 Å². The van der Waals surface area contributed by atoms with Crippen molar-refractivity contribution < 1.29 is 42.1 Å². The van der Waals surface area contributed by atoms with Gasteiger partial charge in [-0.15, -0.1) is 11.3 Å². The molecule has 2 saturated heterocycles. The summed E-state index contributed by atoms with van der Waals surface area (Å²) in [5, 5.41) is 14.5. The Morgan fingerprint density at radius 3 is 2.63 bits per heavy atom. The first-order valence-electron chi connectivity index (χ1n) is 15.8. The summed E-state index contributed by atoms with van der Waals surface area (Å²) in [6, 6.07) is 9.27. The summed E-state index contributed by atoms with van der Waals surface area (Å²) in [6.45, 7) is 1.47. The van der Waals surface area contributed by atoms with Crippen molar-refractivity contribution in [2.75, 3.05) is 44.7 Å². The van der Waals surface area contributed by atoms with Crippen molar-refractivity contribution in [1.82, 2.24) is 20.1 Å². The Hall–Kier alpha value is -5.45. The largest absolute Gasteiger partial charge is 0.478 e. The minimum absolute atomic E-state index is 0.0902. The summed E-state index contributed by atoms with van der Waals surface area (Å²) >= 11 is 7.73. The van der Waals surface area contributed by atoms with Crippen LogP contribution in [0.15, 0.2) is 82.4 Å². The summed E-state index contributed by atoms with van der Waals surface area (Å²) in [4.78, 5) is 52.3. The Kier molecular flexibility index (Phi) is 9.61. The first kappa shape index (κ1) is 35.0. The SMILES string of the molecule is COC(=O)C1=C(CN2CCN3C(=O)N(c4cc(F)cc(Oc5ccc(C(=O)O)cc5F)c4)C[C@@H]3C2)NC(c2nccs2)=N[C@H]1c1cccc(F)c1Cl. The van der Waals surface area contributed by atoms with E-state index in [9.17, 15) is 27.6 Å². The first-order valence-corrected chi connectivity index (χ1v) is 17.1. The number of anilines is 1. The van der Waals surface area contributed by atoms with Gasteiger partial charge in [0.05, 0.1) is 35.0 Å². The van der Waals surface area contributed by atoms with Crippen molar-refractivity contribution in [1.29, 1.82) is 0 Å². The van der Waals surface area contributed by atoms with Crippen molar-refractivity contribution in [2.45, 2.75) is 12.1 Å². The maximum absolute atomic E-state index is 14.8. The van der Waals surface area contributed by atoms with Gasteiger partial charge in [-0.1, -0.05) is 23.7 Å². The van der Waals surface area contributed by atoms with Gasteiger partial charge in [0, 0.05) is 67.7 Å². The quantitative estimate of drug-likeness (QED) is 0.202. The third-order valence-electron chi connectivity index (χ3n) is 8.84. The lowest BCUT2D eigenvalue weighted by Gasteiger charge is -2.38. The molecule has 3 aliphatic heterocycles. The number of carboxylic acids is 1. The number of piperazine rings is 1. The number of aromatic nitrogens is 1. The molecule has 2 N–H and O–H groups in total. The van der Waals surface area contributed by atoms with Gasteiger partial charge in [0.2, 0.25) is 0 Å². The van der Waals surface area contributed by atoms with Crippen LogP contribution in [0, 0.1) is 17.5 Å². The molecule has 2 fully saturated rings. The van der Waals surface area contributed by atoms with Crippen LogP contribution in [0.2, 0.25) is 5.02 Å². The predicted molar refractivity (Wildman–Crippen MR) is 184 cm³/mol. The maximum atomic E-state index is 14.8. The molecule has 0 unspecified atom stereocenters. The van der Waals surface area contributed by atoms with E-state index in [0.29, 0.717) is 36.2 Å². The number of carbonyl (C=O) groups excluding carboxylic acids is 2. The van der Waals surface area contributed by atoms with E-state index in [2.05, 4.69) is 10.3 Å². The molecule has 3 aliphatic rings. The zero-order valence-electron chi connectivity index (χ0n) is 27.2. The number of aliphatic imine (C=N–C) groups is 1. The molecule has 2 atom stereocenters. The lowest BCUT2D eigenvalue weighted by atomic mass is 9.95. The Labute approximate surface area is 303 Å². The summed E-state index contributed by atoms with van der Waals surface area (Å²) < 4.78 is 54.8. The Morgan fingerprint density at radius 2 is 1.90 bits per heavy atom. The number of amides is 2. The number of rotatable bonds is 9. The highest BCUT2D eigenvalue weighted by Gasteiger charge is 2.42. The molecule has 12 nitrogen and oxygen atoms in total. The number of carboxylic acid groups (broad SMARTS) is 1. The van der Waals surface area contributed by atoms with Crippen LogP contribution in [0.1, 0.15) is 27.0 Å². The van der Waals surface area contributed by atoms with Gasteiger partial charge in [0.1, 0.15) is 23.4 Å². The fourth-order valence-corrected chi connectivity index (χ4v) is 7.25. The van der Waals surface area contributed by atoms with Gasteiger partial charge in [0.25, 0.3) is 0 Å². The van der Waals surface area contributed by atoms with Gasteiger partial charge in [-0.25, -0.2) is 32.5 Å². The number of esters is 1. The van der Waals surface area contributed by atoms with Crippen molar-refractivity contribution in [2.24, 2.45) is 4.99 Å². The molecule has 2 amide bonds. The number of benzene rings is 3. The Morgan fingerprint density at radius 1 is 1.08 bits per heavy atom. The fourth-order valence-electron chi connectivity index (χ4n) is 6.44. The minimum atomic E-state index is -1.32. The lowest BCUT2D eigenvalue weighted by molar-refractivity contribution is -0.136. The molecule has 0 bridgehead atoms. The van der Waals surface area contributed by atoms with E-state index >= 15 is 0 Å². The lowest BCUT2D eigenvalue weighted by Crippen LogP contribution is -2.53. The number of aromatic carboxylic acids is 1. The summed E-state index contributed by atoms with van der Waals surface area (Å²) in [5.74, 6) is -4.39. The first-order chi connectivity index (χ1) is 25.0. The zero-order valence-corrected chi connectivity index (χ0v) is 28.8. The molecule has 52 heavy (non-hydrogen) atoms. The number of thiazole rings is 1. The zero-order chi connectivity index (χ0) is 36.7. The van der Waals surface area contributed by atoms with Gasteiger partial charge < -0.3 is 24.8 Å². The van der Waals surface area contributed by atoms with Crippen LogP contribution in [-0.2, 0) is 9.53 Å². The number of ether oxygens (including phenoxy) is 2. The standard InChI is InChI=1S/C35H28ClF3N6O6S/c1-50-34(48)28-26(41-31(32-40-7-10-52-32)42-30(28)23-3-2-4-24(38)29(23)36)17-43-8-9-44-21(15-43)16-45(35(44)49)20-12-19(37)13-22(14-20)51-27-6-5-18(33(46)47)11-25(27)39/h2-7,10-14,21,30H,8-9,15-17H2,1H3,(H,41,42)(H,46,47)/t21-,30-/m0/s1. The molecule has 4 aromatic rings. The highest BCUT2D eigenvalue weighted by Crippen LogP contribution is 2.38. The van der Waals surface area contributed by atoms with E-state index in [1.807, 2.05) is 4.90 Å². The number of halogens is 4. The molecule has 0 radical (unpaired) electrons. The van der Waals surface area contributed by atoms with E-state index in [-0.39, 0.29) is 64.1 Å². The van der Waals surface area contributed by atoms with Crippen LogP contribution in [-0.4, -0.2) is 89.6 Å². The predicted octanol–water partition coefficient (Wildman–Crippen LogP) is 5.85. The number of methoxy groups -OCH3 is 1. The van der Waals surface area contributed by atoms with E-state index in [1.165, 1.54) is 47.6 Å². The molecule has 7 rings (SSSR count). The summed E-state index contributed by atoms with van der Waals surface area (Å²) in [7, 11) is 1.24. The molecule has 0 aliphatic carbocycles. The number of amidine groups is 1. The second-order valence-corrected chi connectivity index (χ2v) is 13.3. The van der Waals surface area contributed by atoms with Gasteiger partial charge >= 0.3 is 18.0 Å². The van der Waals surface area contributed by atoms with Crippen LogP contribution in [0.25, 0.3) is 0 Å². The highest BCUT2D eigenvalue weighted by molar-refractivity contribution is 7.11. The van der Waals surface area contributed by atoms with E-state index in [0.717, 1.165) is 24.3 Å². The average molecular weight is 753 g/mol. The molecule has 3 aromatic carbocycles.